The highest BCUT2D eigenvalue weighted by Gasteiger charge is 2.39. The van der Waals surface area contributed by atoms with Crippen molar-refractivity contribution in [3.8, 4) is 0 Å². The van der Waals surface area contributed by atoms with Crippen LogP contribution in [0, 0.1) is 5.92 Å². The Morgan fingerprint density at radius 1 is 1.27 bits per heavy atom. The normalized spacial score (nSPS) is 24.1. The van der Waals surface area contributed by atoms with Crippen LogP contribution in [0.15, 0.2) is 30.6 Å². The molecule has 0 aromatic carbocycles. The van der Waals surface area contributed by atoms with Crippen LogP contribution in [0.25, 0.3) is 0 Å². The van der Waals surface area contributed by atoms with Gasteiger partial charge < -0.3 is 14.7 Å². The third kappa shape index (κ3) is 3.72. The Bertz CT molecular complexity index is 748. The van der Waals surface area contributed by atoms with Crippen LogP contribution in [0.5, 0.6) is 0 Å². The number of aliphatic carboxylic acids is 1. The van der Waals surface area contributed by atoms with Crippen molar-refractivity contribution in [2.75, 3.05) is 44.3 Å². The molecule has 2 saturated heterocycles. The molecule has 4 rings (SSSR count). The molecule has 26 heavy (non-hydrogen) atoms. The smallest absolute Gasteiger partial charge is 0.308 e. The van der Waals surface area contributed by atoms with Gasteiger partial charge in [-0.1, -0.05) is 6.07 Å². The summed E-state index contributed by atoms with van der Waals surface area (Å²) in [5, 5.41) is 10.6. The maximum Gasteiger partial charge on any atom is 0.308 e. The van der Waals surface area contributed by atoms with Crippen molar-refractivity contribution in [1.29, 1.82) is 0 Å². The minimum atomic E-state index is -0.749. The number of aromatic nitrogens is 2. The van der Waals surface area contributed by atoms with E-state index in [1.54, 1.807) is 17.5 Å². The summed E-state index contributed by atoms with van der Waals surface area (Å²) >= 11 is 1.69. The Balaban J connectivity index is 1.44. The Morgan fingerprint density at radius 2 is 2.12 bits per heavy atom. The molecule has 0 saturated carbocycles. The van der Waals surface area contributed by atoms with Crippen molar-refractivity contribution < 1.29 is 14.6 Å². The maximum atomic E-state index is 11.7. The summed E-state index contributed by atoms with van der Waals surface area (Å²) in [6, 6.07) is 5.70. The van der Waals surface area contributed by atoms with Crippen LogP contribution in [0.1, 0.15) is 16.5 Å². The first-order valence-electron chi connectivity index (χ1n) is 8.84. The number of likely N-dealkylation sites (tertiary alicyclic amines) is 1. The van der Waals surface area contributed by atoms with Crippen molar-refractivity contribution >= 4 is 22.4 Å². The Labute approximate surface area is 156 Å². The molecule has 2 aromatic heterocycles. The van der Waals surface area contributed by atoms with Crippen molar-refractivity contribution in [3.63, 3.8) is 0 Å². The van der Waals surface area contributed by atoms with Crippen molar-refractivity contribution in [1.82, 2.24) is 14.9 Å². The quantitative estimate of drug-likeness (QED) is 0.853. The van der Waals surface area contributed by atoms with Crippen molar-refractivity contribution in [2.45, 2.75) is 12.5 Å². The summed E-state index contributed by atoms with van der Waals surface area (Å²) in [6.45, 7) is 5.22. The fourth-order valence-electron chi connectivity index (χ4n) is 3.65. The van der Waals surface area contributed by atoms with E-state index in [4.69, 9.17) is 4.74 Å². The molecule has 2 aliphatic rings. The number of hydrogen-bond donors (Lipinski definition) is 1. The van der Waals surface area contributed by atoms with Gasteiger partial charge in [0.1, 0.15) is 0 Å². The van der Waals surface area contributed by atoms with E-state index in [-0.39, 0.29) is 5.92 Å². The van der Waals surface area contributed by atoms with Gasteiger partial charge in [0.15, 0.2) is 5.13 Å². The molecule has 4 heterocycles. The van der Waals surface area contributed by atoms with Crippen molar-refractivity contribution in [3.05, 3.63) is 41.2 Å². The van der Waals surface area contributed by atoms with Crippen LogP contribution in [0.2, 0.25) is 0 Å². The lowest BCUT2D eigenvalue weighted by molar-refractivity contribution is -0.141. The first-order chi connectivity index (χ1) is 12.7. The van der Waals surface area contributed by atoms with Gasteiger partial charge in [0.2, 0.25) is 0 Å². The number of nitrogens with zero attached hydrogens (tertiary/aromatic N) is 4. The number of carboxylic acid groups (broad SMARTS) is 1. The summed E-state index contributed by atoms with van der Waals surface area (Å²) in [7, 11) is 0. The number of carbonyl (C=O) groups is 1. The van der Waals surface area contributed by atoms with Gasteiger partial charge in [-0.25, -0.2) is 4.98 Å². The topological polar surface area (TPSA) is 78.8 Å². The molecule has 2 aromatic rings. The average Bonchev–Trinajstić information content (AvgIpc) is 3.31. The molecule has 0 radical (unpaired) electrons. The summed E-state index contributed by atoms with van der Waals surface area (Å²) in [5.74, 6) is -1.24. The van der Waals surface area contributed by atoms with Gasteiger partial charge in [-0.3, -0.25) is 14.7 Å². The van der Waals surface area contributed by atoms with Crippen LogP contribution in [0.4, 0.5) is 5.13 Å². The molecule has 0 amide bonds. The number of rotatable bonds is 5. The number of pyridine rings is 1. The van der Waals surface area contributed by atoms with Crippen LogP contribution < -0.4 is 4.90 Å². The molecular weight excluding hydrogens is 352 g/mol. The molecule has 0 bridgehead atoms. The average molecular weight is 374 g/mol. The first-order valence-corrected chi connectivity index (χ1v) is 9.66. The summed E-state index contributed by atoms with van der Waals surface area (Å²) in [5.41, 5.74) is 0.862. The largest absolute Gasteiger partial charge is 0.481 e. The highest BCUT2D eigenvalue weighted by molar-refractivity contribution is 7.15. The Hall–Kier alpha value is -2.03. The van der Waals surface area contributed by atoms with Gasteiger partial charge in [-0.2, -0.15) is 0 Å². The minimum absolute atomic E-state index is 0.0691. The molecule has 2 unspecified atom stereocenters. The molecule has 2 aliphatic heterocycles. The molecular formula is C18H22N4O3S. The molecule has 0 aliphatic carbocycles. The van der Waals surface area contributed by atoms with E-state index in [2.05, 4.69) is 19.8 Å². The number of anilines is 1. The number of morpholine rings is 1. The molecule has 0 spiro atoms. The second-order valence-corrected chi connectivity index (χ2v) is 7.80. The zero-order chi connectivity index (χ0) is 17.9. The third-order valence-electron chi connectivity index (χ3n) is 4.98. The number of carboxylic acids is 1. The monoisotopic (exact) mass is 374 g/mol. The zero-order valence-corrected chi connectivity index (χ0v) is 15.3. The lowest BCUT2D eigenvalue weighted by Crippen LogP contribution is -2.36. The van der Waals surface area contributed by atoms with Gasteiger partial charge in [0.05, 0.1) is 19.1 Å². The molecule has 138 valence electrons. The maximum absolute atomic E-state index is 11.7. The predicted octanol–water partition coefficient (Wildman–Crippen LogP) is 1.67. The lowest BCUT2D eigenvalue weighted by atomic mass is 9.93. The molecule has 7 nitrogen and oxygen atoms in total. The second-order valence-electron chi connectivity index (χ2n) is 6.71. The van der Waals surface area contributed by atoms with E-state index < -0.39 is 11.9 Å². The second kappa shape index (κ2) is 7.69. The summed E-state index contributed by atoms with van der Waals surface area (Å²) in [4.78, 5) is 26.3. The number of thiazole rings is 1. The Kier molecular flexibility index (Phi) is 5.14. The van der Waals surface area contributed by atoms with Gasteiger partial charge in [0.25, 0.3) is 0 Å². The van der Waals surface area contributed by atoms with Gasteiger partial charge >= 0.3 is 5.97 Å². The number of ether oxygens (including phenoxy) is 1. The van der Waals surface area contributed by atoms with Gasteiger partial charge in [0, 0.05) is 61.6 Å². The standard InChI is InChI=1S/C18H22N4O3S/c23-17(24)15-12-21(11-14(15)16-3-1-2-4-19-16)10-13-9-20-18(26-13)22-5-7-25-8-6-22/h1-4,9,14-15H,5-8,10-12H2,(H,23,24). The predicted molar refractivity (Wildman–Crippen MR) is 98.5 cm³/mol. The zero-order valence-electron chi connectivity index (χ0n) is 14.5. The SMILES string of the molecule is O=C(O)C1CN(Cc2cnc(N3CCOCC3)s2)CC1c1ccccn1. The van der Waals surface area contributed by atoms with Crippen LogP contribution in [0.3, 0.4) is 0 Å². The highest BCUT2D eigenvalue weighted by atomic mass is 32.1. The summed E-state index contributed by atoms with van der Waals surface area (Å²) in [6.07, 6.45) is 3.65. The minimum Gasteiger partial charge on any atom is -0.481 e. The summed E-state index contributed by atoms with van der Waals surface area (Å²) < 4.78 is 5.39. The Morgan fingerprint density at radius 3 is 2.85 bits per heavy atom. The van der Waals surface area contributed by atoms with Crippen LogP contribution >= 0.6 is 11.3 Å². The fourth-order valence-corrected chi connectivity index (χ4v) is 4.66. The van der Waals surface area contributed by atoms with Gasteiger partial charge in [-0.05, 0) is 12.1 Å². The third-order valence-corrected chi connectivity index (χ3v) is 6.03. The van der Waals surface area contributed by atoms with Crippen molar-refractivity contribution in [2.24, 2.45) is 5.92 Å². The van der Waals surface area contributed by atoms with E-state index in [0.29, 0.717) is 13.1 Å². The van der Waals surface area contributed by atoms with E-state index in [1.165, 1.54) is 0 Å². The van der Waals surface area contributed by atoms with E-state index >= 15 is 0 Å². The fraction of sp³-hybridized carbons (Fsp3) is 0.500. The van der Waals surface area contributed by atoms with Gasteiger partial charge in [-0.15, -0.1) is 11.3 Å². The molecule has 2 fully saturated rings. The van der Waals surface area contributed by atoms with Crippen LogP contribution in [-0.2, 0) is 16.1 Å². The highest BCUT2D eigenvalue weighted by Crippen LogP contribution is 2.34. The molecule has 1 N–H and O–H groups in total. The molecule has 8 heteroatoms. The molecule has 2 atom stereocenters. The first kappa shape index (κ1) is 17.4. The van der Waals surface area contributed by atoms with E-state index in [1.807, 2.05) is 24.4 Å². The number of hydrogen-bond acceptors (Lipinski definition) is 7. The van der Waals surface area contributed by atoms with Crippen LogP contribution in [-0.4, -0.2) is 65.3 Å². The van der Waals surface area contributed by atoms with E-state index in [0.717, 1.165) is 48.6 Å². The van der Waals surface area contributed by atoms with E-state index in [9.17, 15) is 9.90 Å². The lowest BCUT2D eigenvalue weighted by Gasteiger charge is -2.26.